The minimum absolute atomic E-state index is 0.245. The first-order chi connectivity index (χ1) is 10.4. The van der Waals surface area contributed by atoms with Crippen LogP contribution in [0.4, 0.5) is 9.59 Å². The van der Waals surface area contributed by atoms with E-state index in [4.69, 9.17) is 21.5 Å². The Hall–Kier alpha value is -1.83. The Bertz CT molecular complexity index is 362. The van der Waals surface area contributed by atoms with Gasteiger partial charge in [0.1, 0.15) is 0 Å². The van der Waals surface area contributed by atoms with Crippen molar-refractivity contribution in [3.05, 3.63) is 0 Å². The Morgan fingerprint density at radius 2 is 1.26 bits per heavy atom. The minimum atomic E-state index is -0.925. The average molecular weight is 357 g/mol. The Morgan fingerprint density at radius 3 is 1.48 bits per heavy atom. The molecule has 0 atom stereocenters. The molecule has 0 bridgehead atoms. The third-order valence-electron chi connectivity index (χ3n) is 1.29. The summed E-state index contributed by atoms with van der Waals surface area (Å²) in [6, 6.07) is 0. The summed E-state index contributed by atoms with van der Waals surface area (Å²) in [4.78, 5) is 39.6. The van der Waals surface area contributed by atoms with Crippen LogP contribution in [-0.2, 0) is 23.8 Å². The van der Waals surface area contributed by atoms with E-state index in [9.17, 15) is 14.4 Å². The highest BCUT2D eigenvalue weighted by Crippen LogP contribution is 1.95. The molecule has 0 aliphatic carbocycles. The van der Waals surface area contributed by atoms with Crippen molar-refractivity contribution in [2.45, 2.75) is 41.5 Å². The maximum Gasteiger partial charge on any atom is 0.516 e. The van der Waals surface area contributed by atoms with Crippen molar-refractivity contribution in [3.63, 3.8) is 0 Å². The van der Waals surface area contributed by atoms with Gasteiger partial charge in [-0.25, -0.2) is 9.59 Å². The third kappa shape index (κ3) is 45.0. The van der Waals surface area contributed by atoms with Gasteiger partial charge >= 0.3 is 17.6 Å². The summed E-state index contributed by atoms with van der Waals surface area (Å²) < 4.78 is 13.1. The largest absolute Gasteiger partial charge is 0.516 e. The number of ether oxygens (including phenoxy) is 3. The zero-order chi connectivity index (χ0) is 19.0. The molecule has 0 unspecified atom stereocenters. The van der Waals surface area contributed by atoms with E-state index in [1.807, 2.05) is 27.7 Å². The fraction of sp³-hybridized carbons (Fsp3) is 0.714. The van der Waals surface area contributed by atoms with E-state index in [1.54, 1.807) is 0 Å². The predicted octanol–water partition coefficient (Wildman–Crippen LogP) is 3.45. The molecule has 23 heavy (non-hydrogen) atoms. The van der Waals surface area contributed by atoms with Crippen molar-refractivity contribution < 1.29 is 38.5 Å². The number of hydrogen-bond donors (Lipinski definition) is 1. The molecule has 0 heterocycles. The highest BCUT2D eigenvalue weighted by Gasteiger charge is 2.07. The standard InChI is InChI=1S/C7H12O4.C5H9ClO2.C2H4O2/c1-5(2)4-10-7(9)11-6(3)8;1-4(2)3-8-5(6)7;1-2(3)4/h5H,4H2,1-3H3;4H,3H2,1-2H3;1H3,(H,3,4). The van der Waals surface area contributed by atoms with Gasteiger partial charge < -0.3 is 19.3 Å². The van der Waals surface area contributed by atoms with E-state index < -0.39 is 23.5 Å². The van der Waals surface area contributed by atoms with E-state index in [0.717, 1.165) is 13.8 Å². The molecule has 0 aromatic carbocycles. The molecule has 0 radical (unpaired) electrons. The summed E-state index contributed by atoms with van der Waals surface area (Å²) in [5.41, 5.74) is -0.723. The maximum absolute atomic E-state index is 10.5. The number of halogens is 1. The first-order valence-electron chi connectivity index (χ1n) is 6.75. The van der Waals surface area contributed by atoms with Crippen LogP contribution in [0.3, 0.4) is 0 Å². The van der Waals surface area contributed by atoms with Crippen LogP contribution in [0.15, 0.2) is 0 Å². The van der Waals surface area contributed by atoms with Crippen LogP contribution in [0.1, 0.15) is 41.5 Å². The molecule has 0 amide bonds. The van der Waals surface area contributed by atoms with Crippen molar-refractivity contribution in [2.24, 2.45) is 11.8 Å². The fourth-order valence-corrected chi connectivity index (χ4v) is 0.677. The van der Waals surface area contributed by atoms with Crippen molar-refractivity contribution in [1.29, 1.82) is 0 Å². The second kappa shape index (κ2) is 16.5. The number of carbonyl (C=O) groups is 4. The molecule has 0 saturated carbocycles. The van der Waals surface area contributed by atoms with Gasteiger partial charge in [0.2, 0.25) is 0 Å². The van der Waals surface area contributed by atoms with Crippen LogP contribution >= 0.6 is 11.6 Å². The molecule has 0 fully saturated rings. The fourth-order valence-electron chi connectivity index (χ4n) is 0.614. The molecule has 1 N–H and O–H groups in total. The SMILES string of the molecule is CC(=O)O.CC(=O)OC(=O)OCC(C)C.CC(C)COC(=O)Cl. The molecule has 0 aromatic heterocycles. The van der Waals surface area contributed by atoms with Gasteiger partial charge in [-0.05, 0) is 11.8 Å². The first kappa shape index (κ1) is 26.1. The lowest BCUT2D eigenvalue weighted by molar-refractivity contribution is -0.137. The number of hydrogen-bond acceptors (Lipinski definition) is 7. The van der Waals surface area contributed by atoms with E-state index in [0.29, 0.717) is 12.5 Å². The lowest BCUT2D eigenvalue weighted by Gasteiger charge is -2.04. The van der Waals surface area contributed by atoms with Gasteiger partial charge in [0.15, 0.2) is 0 Å². The molecule has 0 aliphatic heterocycles. The van der Waals surface area contributed by atoms with E-state index >= 15 is 0 Å². The van der Waals surface area contributed by atoms with E-state index in [1.165, 1.54) is 0 Å². The molecule has 0 saturated heterocycles. The minimum Gasteiger partial charge on any atom is -0.481 e. The average Bonchev–Trinajstić information content (AvgIpc) is 2.33. The Labute approximate surface area is 141 Å². The summed E-state index contributed by atoms with van der Waals surface area (Å²) in [5.74, 6) is -0.883. The highest BCUT2D eigenvalue weighted by molar-refractivity contribution is 6.61. The zero-order valence-corrected chi connectivity index (χ0v) is 15.0. The van der Waals surface area contributed by atoms with Gasteiger partial charge in [-0.3, -0.25) is 9.59 Å². The normalized spacial score (nSPS) is 8.91. The Balaban J connectivity index is -0.000000292. The van der Waals surface area contributed by atoms with Crippen molar-refractivity contribution in [3.8, 4) is 0 Å². The van der Waals surface area contributed by atoms with E-state index in [2.05, 4.69) is 14.2 Å². The van der Waals surface area contributed by atoms with Gasteiger partial charge in [0, 0.05) is 25.4 Å². The molecule has 8 nitrogen and oxygen atoms in total. The summed E-state index contributed by atoms with van der Waals surface area (Å²) in [6.45, 7) is 10.6. The molecular formula is C14H25ClO8. The first-order valence-corrected chi connectivity index (χ1v) is 7.13. The van der Waals surface area contributed by atoms with Crippen LogP contribution in [0.25, 0.3) is 0 Å². The monoisotopic (exact) mass is 356 g/mol. The summed E-state index contributed by atoms with van der Waals surface area (Å²) in [6.07, 6.45) is -0.925. The quantitative estimate of drug-likeness (QED) is 0.462. The lowest BCUT2D eigenvalue weighted by atomic mass is 10.2. The Morgan fingerprint density at radius 1 is 0.913 bits per heavy atom. The number of carbonyl (C=O) groups excluding carboxylic acids is 3. The van der Waals surface area contributed by atoms with Crippen LogP contribution in [0.5, 0.6) is 0 Å². The van der Waals surface area contributed by atoms with Gasteiger partial charge in [-0.2, -0.15) is 0 Å². The number of rotatable bonds is 4. The van der Waals surface area contributed by atoms with Crippen LogP contribution in [-0.4, -0.2) is 41.8 Å². The molecule has 9 heteroatoms. The van der Waals surface area contributed by atoms with Crippen molar-refractivity contribution in [1.82, 2.24) is 0 Å². The molecule has 0 spiro atoms. The van der Waals surface area contributed by atoms with Gasteiger partial charge in [0.05, 0.1) is 13.2 Å². The van der Waals surface area contributed by atoms with Crippen LogP contribution in [0, 0.1) is 11.8 Å². The van der Waals surface area contributed by atoms with Gasteiger partial charge in [-0.1, -0.05) is 27.7 Å². The number of esters is 1. The molecular weight excluding hydrogens is 332 g/mol. The molecule has 0 aliphatic rings. The van der Waals surface area contributed by atoms with Gasteiger partial charge in [-0.15, -0.1) is 0 Å². The molecule has 136 valence electrons. The number of carboxylic acids is 1. The summed E-state index contributed by atoms with van der Waals surface area (Å²) in [5, 5.41) is 7.42. The van der Waals surface area contributed by atoms with Crippen molar-refractivity contribution >= 4 is 35.1 Å². The van der Waals surface area contributed by atoms with E-state index in [-0.39, 0.29) is 12.5 Å². The highest BCUT2D eigenvalue weighted by atomic mass is 35.5. The van der Waals surface area contributed by atoms with Crippen LogP contribution in [0.2, 0.25) is 0 Å². The number of aliphatic carboxylic acids is 1. The smallest absolute Gasteiger partial charge is 0.481 e. The van der Waals surface area contributed by atoms with Crippen molar-refractivity contribution in [2.75, 3.05) is 13.2 Å². The molecule has 0 rings (SSSR count). The van der Waals surface area contributed by atoms with Crippen LogP contribution < -0.4 is 0 Å². The number of carboxylic acid groups (broad SMARTS) is 1. The summed E-state index contributed by atoms with van der Waals surface area (Å²) in [7, 11) is 0. The topological polar surface area (TPSA) is 116 Å². The third-order valence-corrected chi connectivity index (χ3v) is 1.40. The second-order valence-electron chi connectivity index (χ2n) is 5.01. The second-order valence-corrected chi connectivity index (χ2v) is 5.32. The predicted molar refractivity (Wildman–Crippen MR) is 83.3 cm³/mol. The van der Waals surface area contributed by atoms with Gasteiger partial charge in [0.25, 0.3) is 5.97 Å². The summed E-state index contributed by atoms with van der Waals surface area (Å²) >= 11 is 4.86. The maximum atomic E-state index is 10.5. The zero-order valence-electron chi connectivity index (χ0n) is 14.3. The lowest BCUT2D eigenvalue weighted by Crippen LogP contribution is -2.13. The molecule has 0 aromatic rings. The Kier molecular flexibility index (Phi) is 18.8.